The molecular weight excluding hydrogens is 676 g/mol. The van der Waals surface area contributed by atoms with E-state index in [1.807, 2.05) is 45.9 Å². The number of carboxylic acid groups (broad SMARTS) is 2. The van der Waals surface area contributed by atoms with Crippen LogP contribution >= 0.6 is 0 Å². The number of carbonyl (C=O) groups excluding carboxylic acids is 2. The number of carboxylic acids is 2. The van der Waals surface area contributed by atoms with Gasteiger partial charge in [0.25, 0.3) is 5.91 Å². The molecule has 0 fully saturated rings. The number of aromatic amines is 2. The van der Waals surface area contributed by atoms with Gasteiger partial charge in [-0.25, -0.2) is 9.78 Å². The molecule has 280 valence electrons. The van der Waals surface area contributed by atoms with Crippen molar-refractivity contribution in [3.05, 3.63) is 75.4 Å². The van der Waals surface area contributed by atoms with Crippen molar-refractivity contribution in [1.82, 2.24) is 25.3 Å². The van der Waals surface area contributed by atoms with E-state index in [1.54, 1.807) is 13.0 Å². The topological polar surface area (TPSA) is 213 Å². The fourth-order valence-electron chi connectivity index (χ4n) is 7.34. The van der Waals surface area contributed by atoms with E-state index < -0.39 is 35.8 Å². The second-order valence-corrected chi connectivity index (χ2v) is 13.7. The number of aliphatic carboxylic acids is 1. The van der Waals surface area contributed by atoms with Gasteiger partial charge in [-0.1, -0.05) is 26.5 Å². The van der Waals surface area contributed by atoms with Gasteiger partial charge < -0.3 is 36.0 Å². The molecule has 1 amide bonds. The molecule has 13 heteroatoms. The zero-order chi connectivity index (χ0) is 38.7. The Hall–Kier alpha value is -5.56. The van der Waals surface area contributed by atoms with Crippen LogP contribution in [0.5, 0.6) is 0 Å². The molecule has 13 nitrogen and oxygen atoms in total. The quantitative estimate of drug-likeness (QED) is 0.0804. The zero-order valence-corrected chi connectivity index (χ0v) is 31.1. The molecule has 0 spiro atoms. The van der Waals surface area contributed by atoms with Crippen molar-refractivity contribution in [3.63, 3.8) is 0 Å². The standard InChI is InChI=1S/C40H48N6O7/c1-8-23-19(3)27-16-29-21(5)25(13-14-33(47)53-7)36(45-29)35(40(51)52)37-34(38(48)42-15-11-10-12-26(41)39(49)50)22(6)30(46-37)18-32-24(9-2)20(4)28(44-32)17-31(23)43-27/h8,16-18,21,25-26,43,46H,1,9-15,41H2,2-7H3,(H,42,48)(H,49,50)(H,51,52)/t21-,25-,26+/m0/s1. The molecule has 7 N–H and O–H groups in total. The van der Waals surface area contributed by atoms with Gasteiger partial charge in [-0.3, -0.25) is 19.4 Å². The minimum absolute atomic E-state index is 0.0392. The minimum atomic E-state index is -1.29. The Morgan fingerprint density at radius 1 is 1.00 bits per heavy atom. The van der Waals surface area contributed by atoms with Crippen LogP contribution < -0.4 is 11.1 Å². The Morgan fingerprint density at radius 3 is 2.34 bits per heavy atom. The van der Waals surface area contributed by atoms with Crippen LogP contribution in [0.15, 0.2) is 24.8 Å². The van der Waals surface area contributed by atoms with E-state index in [2.05, 4.69) is 21.9 Å². The molecule has 2 aliphatic heterocycles. The minimum Gasteiger partial charge on any atom is -0.480 e. The number of amides is 1. The van der Waals surface area contributed by atoms with Crippen LogP contribution in [-0.2, 0) is 14.3 Å². The van der Waals surface area contributed by atoms with Crippen LogP contribution in [-0.4, -0.2) is 73.7 Å². The predicted molar refractivity (Wildman–Crippen MR) is 205 cm³/mol. The lowest BCUT2D eigenvalue weighted by molar-refractivity contribution is -0.141. The van der Waals surface area contributed by atoms with Crippen LogP contribution in [0, 0.1) is 13.8 Å². The molecule has 0 aromatic carbocycles. The number of nitrogens with zero attached hydrogens (tertiary/aromatic N) is 2. The lowest BCUT2D eigenvalue weighted by Gasteiger charge is -2.17. The Balaban J connectivity index is 1.84. The van der Waals surface area contributed by atoms with Crippen molar-refractivity contribution >= 4 is 63.1 Å². The number of nitrogens with two attached hydrogens (primary N) is 1. The van der Waals surface area contributed by atoms with E-state index >= 15 is 0 Å². The van der Waals surface area contributed by atoms with Gasteiger partial charge in [0.2, 0.25) is 0 Å². The summed E-state index contributed by atoms with van der Waals surface area (Å²) in [5.74, 6) is -4.10. The Kier molecular flexibility index (Phi) is 11.7. The highest BCUT2D eigenvalue weighted by Gasteiger charge is 2.35. The number of aromatic carboxylic acids is 1. The molecule has 53 heavy (non-hydrogen) atoms. The van der Waals surface area contributed by atoms with Crippen molar-refractivity contribution in [1.29, 1.82) is 0 Å². The van der Waals surface area contributed by atoms with Gasteiger partial charge in [-0.05, 0) is 93.3 Å². The van der Waals surface area contributed by atoms with Crippen LogP contribution in [0.4, 0.5) is 0 Å². The van der Waals surface area contributed by atoms with Gasteiger partial charge in [0, 0.05) is 52.6 Å². The third-order valence-electron chi connectivity index (χ3n) is 10.5. The number of nitrogens with one attached hydrogen (secondary N) is 3. The molecule has 0 aliphatic carbocycles. The number of aromatic nitrogens is 4. The third-order valence-corrected chi connectivity index (χ3v) is 10.5. The Bertz CT molecular complexity index is 2190. The number of fused-ring (bicyclic) bond motifs is 8. The summed E-state index contributed by atoms with van der Waals surface area (Å²) in [4.78, 5) is 67.8. The average molecular weight is 725 g/mol. The first-order valence-corrected chi connectivity index (χ1v) is 17.9. The molecule has 5 rings (SSSR count). The molecule has 3 atom stereocenters. The van der Waals surface area contributed by atoms with Crippen molar-refractivity contribution in [3.8, 4) is 0 Å². The number of aryl methyl sites for hydroxylation is 2. The summed E-state index contributed by atoms with van der Waals surface area (Å²) >= 11 is 0. The van der Waals surface area contributed by atoms with Crippen LogP contribution in [0.25, 0.3) is 39.3 Å². The van der Waals surface area contributed by atoms with E-state index in [1.165, 1.54) is 7.11 Å². The highest BCUT2D eigenvalue weighted by molar-refractivity contribution is 6.11. The number of methoxy groups -OCH3 is 1. The van der Waals surface area contributed by atoms with E-state index in [4.69, 9.17) is 25.5 Å². The number of hydrogen-bond donors (Lipinski definition) is 6. The van der Waals surface area contributed by atoms with E-state index in [9.17, 15) is 24.3 Å². The maximum absolute atomic E-state index is 14.1. The average Bonchev–Trinajstić information content (AvgIpc) is 3.79. The van der Waals surface area contributed by atoms with Crippen molar-refractivity contribution < 1.29 is 34.1 Å². The van der Waals surface area contributed by atoms with Crippen LogP contribution in [0.3, 0.4) is 0 Å². The number of esters is 1. The highest BCUT2D eigenvalue weighted by Crippen LogP contribution is 2.43. The van der Waals surface area contributed by atoms with E-state index in [0.717, 1.165) is 39.0 Å². The van der Waals surface area contributed by atoms with Crippen molar-refractivity contribution in [2.45, 2.75) is 91.0 Å². The molecule has 8 bridgehead atoms. The maximum Gasteiger partial charge on any atom is 0.339 e. The summed E-state index contributed by atoms with van der Waals surface area (Å²) in [5, 5.41) is 23.0. The van der Waals surface area contributed by atoms with Gasteiger partial charge in [-0.15, -0.1) is 0 Å². The monoisotopic (exact) mass is 724 g/mol. The van der Waals surface area contributed by atoms with Crippen molar-refractivity contribution in [2.24, 2.45) is 5.73 Å². The van der Waals surface area contributed by atoms with E-state index in [0.29, 0.717) is 41.7 Å². The van der Waals surface area contributed by atoms with Gasteiger partial charge in [0.1, 0.15) is 11.6 Å². The number of hydrogen-bond acceptors (Lipinski definition) is 8. The first-order valence-electron chi connectivity index (χ1n) is 17.9. The summed E-state index contributed by atoms with van der Waals surface area (Å²) in [6.45, 7) is 14.0. The summed E-state index contributed by atoms with van der Waals surface area (Å²) in [6.07, 6.45) is 3.97. The van der Waals surface area contributed by atoms with Gasteiger partial charge >= 0.3 is 17.9 Å². The van der Waals surface area contributed by atoms with Crippen LogP contribution in [0.2, 0.25) is 0 Å². The third kappa shape index (κ3) is 7.66. The number of rotatable bonds is 13. The molecule has 0 saturated heterocycles. The zero-order valence-electron chi connectivity index (χ0n) is 31.1. The number of carbonyl (C=O) groups is 4. The number of unbranched alkanes of at least 4 members (excludes halogenated alkanes) is 1. The Labute approximate surface area is 307 Å². The first kappa shape index (κ1) is 38.7. The van der Waals surface area contributed by atoms with Crippen molar-refractivity contribution in [2.75, 3.05) is 13.7 Å². The highest BCUT2D eigenvalue weighted by atomic mass is 16.5. The van der Waals surface area contributed by atoms with Crippen LogP contribution in [0.1, 0.15) is 131 Å². The SMILES string of the molecule is C=Cc1c(C)c2cc3nc(c(C(=O)O)c4[nH]c(cc5nc(cc1[nH]2)C(C)=C5CC)c(C)c4C(=O)NCCCC[C@@H](N)C(=O)O)[C@@H](CCC(=O)OC)[C@@H]3C. The van der Waals surface area contributed by atoms with Gasteiger partial charge in [-0.2, -0.15) is 0 Å². The summed E-state index contributed by atoms with van der Waals surface area (Å²) < 4.78 is 4.93. The number of H-pyrrole nitrogens is 2. The fourth-order valence-corrected chi connectivity index (χ4v) is 7.34. The second-order valence-electron chi connectivity index (χ2n) is 13.7. The molecule has 5 heterocycles. The smallest absolute Gasteiger partial charge is 0.339 e. The lowest BCUT2D eigenvalue weighted by Crippen LogP contribution is -2.30. The normalized spacial score (nSPS) is 16.0. The maximum atomic E-state index is 14.1. The lowest BCUT2D eigenvalue weighted by atomic mass is 9.85. The summed E-state index contributed by atoms with van der Waals surface area (Å²) in [6, 6.07) is 4.76. The van der Waals surface area contributed by atoms with Gasteiger partial charge in [0.05, 0.1) is 35.3 Å². The van der Waals surface area contributed by atoms with Gasteiger partial charge in [0.15, 0.2) is 0 Å². The fraction of sp³-hybridized carbons (Fsp3) is 0.400. The summed E-state index contributed by atoms with van der Waals surface area (Å²) in [5.41, 5.74) is 14.5. The molecule has 3 aromatic rings. The molecule has 0 unspecified atom stereocenters. The predicted octanol–water partition coefficient (Wildman–Crippen LogP) is 6.77. The molecule has 0 radical (unpaired) electrons. The summed E-state index contributed by atoms with van der Waals surface area (Å²) in [7, 11) is 1.31. The Morgan fingerprint density at radius 2 is 1.70 bits per heavy atom. The molecule has 0 saturated carbocycles. The van der Waals surface area contributed by atoms with E-state index in [-0.39, 0.29) is 54.1 Å². The number of allylic oxidation sites excluding steroid dienone is 2. The molecule has 3 aromatic heterocycles. The largest absolute Gasteiger partial charge is 0.480 e. The molecule has 2 aliphatic rings. The molecular formula is C40H48N6O7. The number of ether oxygens (including phenoxy) is 1. The second kappa shape index (κ2) is 16.0. The first-order chi connectivity index (χ1) is 25.2.